The van der Waals surface area contributed by atoms with E-state index < -0.39 is 12.1 Å². The molecule has 2 aromatic rings. The van der Waals surface area contributed by atoms with Gasteiger partial charge in [0.05, 0.1) is 17.9 Å². The molecule has 31 heavy (non-hydrogen) atoms. The number of hydrogen-bond acceptors (Lipinski definition) is 4. The molecule has 1 aromatic heterocycles. The van der Waals surface area contributed by atoms with Crippen LogP contribution in [0.5, 0.6) is 0 Å². The number of carboxylic acids is 1. The first kappa shape index (κ1) is 22.9. The normalized spacial score (nSPS) is 20.8. The molecule has 2 aliphatic rings. The van der Waals surface area contributed by atoms with Gasteiger partial charge in [0, 0.05) is 30.9 Å². The molecule has 3 heterocycles. The van der Waals surface area contributed by atoms with E-state index >= 15 is 0 Å². The number of nitrogens with zero attached hydrogens (tertiary/aromatic N) is 2. The van der Waals surface area contributed by atoms with Gasteiger partial charge in [-0.15, -0.1) is 0 Å². The molecule has 0 saturated carbocycles. The Labute approximate surface area is 178 Å². The maximum Gasteiger partial charge on any atom is 0.490 e. The Balaban J connectivity index is 0.000000339. The van der Waals surface area contributed by atoms with Gasteiger partial charge in [-0.05, 0) is 36.6 Å². The van der Waals surface area contributed by atoms with Crippen molar-refractivity contribution in [2.24, 2.45) is 5.92 Å². The van der Waals surface area contributed by atoms with Gasteiger partial charge < -0.3 is 14.4 Å². The van der Waals surface area contributed by atoms with E-state index in [9.17, 15) is 18.0 Å². The number of carbonyl (C=O) groups is 2. The zero-order valence-corrected chi connectivity index (χ0v) is 17.4. The number of para-hydroxylation sites is 1. The van der Waals surface area contributed by atoms with Crippen molar-refractivity contribution in [3.8, 4) is 0 Å². The Bertz CT molecular complexity index is 927. The first-order valence-corrected chi connectivity index (χ1v) is 9.99. The van der Waals surface area contributed by atoms with Gasteiger partial charge in [0.2, 0.25) is 5.91 Å². The Kier molecular flexibility index (Phi) is 6.45. The molecule has 2 aliphatic heterocycles. The smallest absolute Gasteiger partial charge is 0.475 e. The summed E-state index contributed by atoms with van der Waals surface area (Å²) in [6, 6.07) is 10.3. The van der Waals surface area contributed by atoms with Crippen molar-refractivity contribution >= 4 is 17.6 Å². The molecule has 4 rings (SSSR count). The molecule has 1 amide bonds. The fourth-order valence-corrected chi connectivity index (χ4v) is 4.20. The fraction of sp³-hybridized carbons (Fsp3) is 0.455. The van der Waals surface area contributed by atoms with Gasteiger partial charge >= 0.3 is 12.1 Å². The third-order valence-corrected chi connectivity index (χ3v) is 5.49. The summed E-state index contributed by atoms with van der Waals surface area (Å²) in [6.45, 7) is 7.71. The Morgan fingerprint density at radius 1 is 1.26 bits per heavy atom. The van der Waals surface area contributed by atoms with E-state index in [0.29, 0.717) is 5.92 Å². The fourth-order valence-electron chi connectivity index (χ4n) is 4.20. The second-order valence-corrected chi connectivity index (χ2v) is 8.30. The summed E-state index contributed by atoms with van der Waals surface area (Å²) in [4.78, 5) is 26.6. The molecule has 1 saturated heterocycles. The molecule has 0 bridgehead atoms. The molecule has 1 unspecified atom stereocenters. The average molecular weight is 438 g/mol. The zero-order valence-electron chi connectivity index (χ0n) is 17.4. The number of amides is 1. The van der Waals surface area contributed by atoms with Crippen LogP contribution in [0.4, 0.5) is 18.9 Å². The topological polar surface area (TPSA) is 74.0 Å². The number of benzene rings is 1. The van der Waals surface area contributed by atoms with E-state index in [4.69, 9.17) is 14.3 Å². The van der Waals surface area contributed by atoms with Crippen molar-refractivity contribution in [3.05, 3.63) is 54.0 Å². The molecule has 1 fully saturated rings. The number of furan rings is 1. The van der Waals surface area contributed by atoms with Gasteiger partial charge in [-0.2, -0.15) is 13.2 Å². The summed E-state index contributed by atoms with van der Waals surface area (Å²) in [5.74, 6) is -2.01. The summed E-state index contributed by atoms with van der Waals surface area (Å²) in [5, 5.41) is 7.12. The highest BCUT2D eigenvalue weighted by atomic mass is 19.4. The summed E-state index contributed by atoms with van der Waals surface area (Å²) in [7, 11) is 0. The molecule has 1 N–H and O–H groups in total. The number of halogens is 3. The lowest BCUT2D eigenvalue weighted by molar-refractivity contribution is -0.192. The van der Waals surface area contributed by atoms with E-state index in [1.165, 1.54) is 11.1 Å². The van der Waals surface area contributed by atoms with E-state index in [1.54, 1.807) is 12.5 Å². The minimum atomic E-state index is -5.08. The summed E-state index contributed by atoms with van der Waals surface area (Å²) >= 11 is 0. The van der Waals surface area contributed by atoms with Crippen molar-refractivity contribution in [3.63, 3.8) is 0 Å². The standard InChI is InChI=1S/C20H24N2O2.C2HF3O2/c1-15(2)11-22-18-6-4-3-5-17(18)20(19(22)23)8-9-21(14-20)12-16-7-10-24-13-16;3-2(4,5)1(6)7/h3-7,10,13,15H,8-9,11-12,14H2,1-2H3;(H,6,7). The van der Waals surface area contributed by atoms with Crippen LogP contribution in [0.25, 0.3) is 0 Å². The van der Waals surface area contributed by atoms with Crippen molar-refractivity contribution < 1.29 is 32.3 Å². The number of hydrogen-bond donors (Lipinski definition) is 1. The van der Waals surface area contributed by atoms with Crippen LogP contribution in [0, 0.1) is 5.92 Å². The number of likely N-dealkylation sites (tertiary alicyclic amines) is 1. The Morgan fingerprint density at radius 2 is 1.94 bits per heavy atom. The average Bonchev–Trinajstić information content (AvgIpc) is 3.40. The number of alkyl halides is 3. The van der Waals surface area contributed by atoms with Crippen molar-refractivity contribution in [1.29, 1.82) is 0 Å². The number of aliphatic carboxylic acids is 1. The maximum atomic E-state index is 13.4. The molecule has 6 nitrogen and oxygen atoms in total. The maximum absolute atomic E-state index is 13.4. The van der Waals surface area contributed by atoms with Crippen LogP contribution in [-0.2, 0) is 21.5 Å². The van der Waals surface area contributed by atoms with Crippen LogP contribution < -0.4 is 4.90 Å². The van der Waals surface area contributed by atoms with Crippen LogP contribution in [0.15, 0.2) is 47.3 Å². The van der Waals surface area contributed by atoms with E-state index in [-0.39, 0.29) is 11.3 Å². The van der Waals surface area contributed by atoms with E-state index in [2.05, 4.69) is 36.9 Å². The van der Waals surface area contributed by atoms with Crippen molar-refractivity contribution in [2.45, 2.75) is 38.4 Å². The highest BCUT2D eigenvalue weighted by molar-refractivity contribution is 6.08. The van der Waals surface area contributed by atoms with Gasteiger partial charge in [0.25, 0.3) is 0 Å². The molecule has 1 atom stereocenters. The third kappa shape index (κ3) is 4.76. The molecule has 168 valence electrons. The Morgan fingerprint density at radius 3 is 2.52 bits per heavy atom. The first-order chi connectivity index (χ1) is 14.5. The minimum Gasteiger partial charge on any atom is -0.475 e. The number of carboxylic acid groups (broad SMARTS) is 1. The molecule has 1 aromatic carbocycles. The highest BCUT2D eigenvalue weighted by Gasteiger charge is 2.54. The molecule has 0 radical (unpaired) electrons. The van der Waals surface area contributed by atoms with E-state index in [0.717, 1.165) is 38.3 Å². The van der Waals surface area contributed by atoms with E-state index in [1.807, 2.05) is 17.0 Å². The second kappa shape index (κ2) is 8.74. The number of anilines is 1. The predicted octanol–water partition coefficient (Wildman–Crippen LogP) is 4.06. The van der Waals surface area contributed by atoms with Gasteiger partial charge in [-0.3, -0.25) is 9.69 Å². The lowest BCUT2D eigenvalue weighted by Crippen LogP contribution is -2.43. The highest BCUT2D eigenvalue weighted by Crippen LogP contribution is 2.47. The molecular formula is C22H25F3N2O4. The van der Waals surface area contributed by atoms with Crippen LogP contribution in [0.1, 0.15) is 31.4 Å². The monoisotopic (exact) mass is 438 g/mol. The lowest BCUT2D eigenvalue weighted by Gasteiger charge is -2.25. The third-order valence-electron chi connectivity index (χ3n) is 5.49. The summed E-state index contributed by atoms with van der Waals surface area (Å²) in [6.07, 6.45) is -0.683. The number of carbonyl (C=O) groups excluding carboxylic acids is 1. The minimum absolute atomic E-state index is 0.284. The van der Waals surface area contributed by atoms with Crippen LogP contribution in [-0.4, -0.2) is 47.7 Å². The van der Waals surface area contributed by atoms with Gasteiger partial charge in [0.15, 0.2) is 0 Å². The summed E-state index contributed by atoms with van der Waals surface area (Å²) < 4.78 is 36.9. The number of rotatable bonds is 4. The molecular weight excluding hydrogens is 413 g/mol. The van der Waals surface area contributed by atoms with Crippen LogP contribution in [0.2, 0.25) is 0 Å². The first-order valence-electron chi connectivity index (χ1n) is 9.99. The van der Waals surface area contributed by atoms with Crippen molar-refractivity contribution in [1.82, 2.24) is 4.90 Å². The molecule has 0 aliphatic carbocycles. The lowest BCUT2D eigenvalue weighted by atomic mass is 9.81. The SMILES string of the molecule is CC(C)CN1C(=O)C2(CCN(Cc3ccoc3)C2)c2ccccc21.O=C(O)C(F)(F)F. The number of fused-ring (bicyclic) bond motifs is 2. The van der Waals surface area contributed by atoms with Gasteiger partial charge in [-0.25, -0.2) is 4.79 Å². The largest absolute Gasteiger partial charge is 0.490 e. The van der Waals surface area contributed by atoms with Gasteiger partial charge in [0.1, 0.15) is 0 Å². The quantitative estimate of drug-likeness (QED) is 0.780. The summed E-state index contributed by atoms with van der Waals surface area (Å²) in [5.41, 5.74) is 3.13. The molecule has 9 heteroatoms. The van der Waals surface area contributed by atoms with Gasteiger partial charge in [-0.1, -0.05) is 32.0 Å². The Hall–Kier alpha value is -2.81. The zero-order chi connectivity index (χ0) is 22.8. The van der Waals surface area contributed by atoms with Crippen LogP contribution >= 0.6 is 0 Å². The predicted molar refractivity (Wildman–Crippen MR) is 108 cm³/mol. The molecule has 1 spiro atoms. The van der Waals surface area contributed by atoms with Crippen molar-refractivity contribution in [2.75, 3.05) is 24.5 Å². The van der Waals surface area contributed by atoms with Crippen LogP contribution in [0.3, 0.4) is 0 Å². The second-order valence-electron chi connectivity index (χ2n) is 8.30.